The van der Waals surface area contributed by atoms with E-state index in [1.165, 1.54) is 5.56 Å². The van der Waals surface area contributed by atoms with E-state index in [1.54, 1.807) is 0 Å². The second-order valence-electron chi connectivity index (χ2n) is 4.59. The molecule has 0 aliphatic heterocycles. The molecular weight excluding hydrogens is 238 g/mol. The largest absolute Gasteiger partial charge is 0.313 e. The lowest BCUT2D eigenvalue weighted by molar-refractivity contribution is 0.712. The maximum absolute atomic E-state index is 4.52. The predicted octanol–water partition coefficient (Wildman–Crippen LogP) is 1.95. The van der Waals surface area contributed by atoms with Gasteiger partial charge in [0.2, 0.25) is 0 Å². The summed E-state index contributed by atoms with van der Waals surface area (Å²) in [5.41, 5.74) is 4.54. The van der Waals surface area contributed by atoms with E-state index in [0.717, 1.165) is 36.5 Å². The van der Waals surface area contributed by atoms with E-state index in [9.17, 15) is 0 Å². The normalized spacial score (nSPS) is 10.9. The molecule has 2 aromatic rings. The third kappa shape index (κ3) is 2.81. The maximum Gasteiger partial charge on any atom is 0.250 e. The van der Waals surface area contributed by atoms with E-state index in [4.69, 9.17) is 0 Å². The first kappa shape index (κ1) is 13.7. The number of nitrogens with zero attached hydrogens (tertiary/aromatic N) is 4. The van der Waals surface area contributed by atoms with Crippen molar-refractivity contribution in [1.82, 2.24) is 25.1 Å². The summed E-state index contributed by atoms with van der Waals surface area (Å²) in [5.74, 6) is 0.639. The summed E-state index contributed by atoms with van der Waals surface area (Å²) in [7, 11) is 0. The van der Waals surface area contributed by atoms with Gasteiger partial charge in [-0.25, -0.2) is 14.6 Å². The molecule has 0 unspecified atom stereocenters. The van der Waals surface area contributed by atoms with Crippen molar-refractivity contribution in [2.75, 3.05) is 6.54 Å². The topological polar surface area (TPSA) is 55.6 Å². The van der Waals surface area contributed by atoms with Crippen LogP contribution < -0.4 is 5.32 Å². The van der Waals surface area contributed by atoms with Gasteiger partial charge in [-0.05, 0) is 32.4 Å². The minimum absolute atomic E-state index is 0.639. The SMILES string of the molecule is CCNCc1cnc(-n2nc(C)c(CC)c2C)nc1. The Morgan fingerprint density at radius 1 is 1.16 bits per heavy atom. The maximum atomic E-state index is 4.52. The van der Waals surface area contributed by atoms with Crippen molar-refractivity contribution in [3.8, 4) is 5.95 Å². The lowest BCUT2D eigenvalue weighted by atomic mass is 10.1. The van der Waals surface area contributed by atoms with Gasteiger partial charge in [-0.2, -0.15) is 5.10 Å². The quantitative estimate of drug-likeness (QED) is 0.891. The molecule has 0 saturated heterocycles. The molecule has 0 fully saturated rings. The number of nitrogens with one attached hydrogen (secondary N) is 1. The predicted molar refractivity (Wildman–Crippen MR) is 75.4 cm³/mol. The van der Waals surface area contributed by atoms with Crippen molar-refractivity contribution >= 4 is 0 Å². The summed E-state index contributed by atoms with van der Waals surface area (Å²) < 4.78 is 1.82. The van der Waals surface area contributed by atoms with Gasteiger partial charge in [-0.3, -0.25) is 0 Å². The van der Waals surface area contributed by atoms with Crippen LogP contribution in [0.5, 0.6) is 0 Å². The van der Waals surface area contributed by atoms with E-state index in [1.807, 2.05) is 24.0 Å². The van der Waals surface area contributed by atoms with E-state index in [0.29, 0.717) is 5.95 Å². The second kappa shape index (κ2) is 5.93. The molecule has 5 heteroatoms. The van der Waals surface area contributed by atoms with Gasteiger partial charge in [0.05, 0.1) is 5.69 Å². The summed E-state index contributed by atoms with van der Waals surface area (Å²) >= 11 is 0. The van der Waals surface area contributed by atoms with Gasteiger partial charge in [0.15, 0.2) is 0 Å². The van der Waals surface area contributed by atoms with Gasteiger partial charge in [-0.1, -0.05) is 13.8 Å². The fourth-order valence-corrected chi connectivity index (χ4v) is 2.20. The molecule has 0 radical (unpaired) electrons. The van der Waals surface area contributed by atoms with Crippen molar-refractivity contribution in [3.63, 3.8) is 0 Å². The molecule has 2 aromatic heterocycles. The summed E-state index contributed by atoms with van der Waals surface area (Å²) in [4.78, 5) is 8.80. The van der Waals surface area contributed by atoms with Crippen LogP contribution in [-0.4, -0.2) is 26.3 Å². The van der Waals surface area contributed by atoms with Crippen molar-refractivity contribution in [1.29, 1.82) is 0 Å². The molecule has 2 rings (SSSR count). The molecule has 0 amide bonds. The molecule has 5 nitrogen and oxygen atoms in total. The van der Waals surface area contributed by atoms with Crippen molar-refractivity contribution in [3.05, 3.63) is 34.9 Å². The second-order valence-corrected chi connectivity index (χ2v) is 4.59. The average molecular weight is 259 g/mol. The highest BCUT2D eigenvalue weighted by Gasteiger charge is 2.12. The minimum Gasteiger partial charge on any atom is -0.313 e. The lowest BCUT2D eigenvalue weighted by Gasteiger charge is -2.05. The highest BCUT2D eigenvalue weighted by atomic mass is 15.4. The molecule has 0 spiro atoms. The third-order valence-corrected chi connectivity index (χ3v) is 3.25. The Bertz CT molecular complexity index is 542. The standard InChI is InChI=1S/C14H21N5/c1-5-13-10(3)18-19(11(13)4)14-16-8-12(9-17-14)7-15-6-2/h8-9,15H,5-7H2,1-4H3. The number of hydrogen-bond acceptors (Lipinski definition) is 4. The Kier molecular flexibility index (Phi) is 4.27. The Balaban J connectivity index is 2.27. The summed E-state index contributed by atoms with van der Waals surface area (Å²) in [6.45, 7) is 10.1. The molecule has 19 heavy (non-hydrogen) atoms. The first-order chi connectivity index (χ1) is 9.17. The molecule has 1 N–H and O–H groups in total. The van der Waals surface area contributed by atoms with Gasteiger partial charge in [0.25, 0.3) is 5.95 Å². The minimum atomic E-state index is 0.639. The summed E-state index contributed by atoms with van der Waals surface area (Å²) in [6.07, 6.45) is 4.69. The summed E-state index contributed by atoms with van der Waals surface area (Å²) in [6, 6.07) is 0. The zero-order valence-electron chi connectivity index (χ0n) is 12.1. The summed E-state index contributed by atoms with van der Waals surface area (Å²) in [5, 5.41) is 7.77. The van der Waals surface area contributed by atoms with Crippen LogP contribution in [-0.2, 0) is 13.0 Å². The van der Waals surface area contributed by atoms with Crippen molar-refractivity contribution < 1.29 is 0 Å². The van der Waals surface area contributed by atoms with Crippen LogP contribution in [0.2, 0.25) is 0 Å². The highest BCUT2D eigenvalue weighted by Crippen LogP contribution is 2.15. The number of aromatic nitrogens is 4. The van der Waals surface area contributed by atoms with Crippen LogP contribution in [0.15, 0.2) is 12.4 Å². The van der Waals surface area contributed by atoms with E-state index < -0.39 is 0 Å². The van der Waals surface area contributed by atoms with Crippen molar-refractivity contribution in [2.45, 2.75) is 40.7 Å². The van der Waals surface area contributed by atoms with Gasteiger partial charge >= 0.3 is 0 Å². The number of hydrogen-bond donors (Lipinski definition) is 1. The fraction of sp³-hybridized carbons (Fsp3) is 0.500. The van der Waals surface area contributed by atoms with Crippen LogP contribution in [0, 0.1) is 13.8 Å². The Morgan fingerprint density at radius 2 is 1.84 bits per heavy atom. The molecule has 102 valence electrons. The van der Waals surface area contributed by atoms with Crippen LogP contribution in [0.4, 0.5) is 0 Å². The molecule has 2 heterocycles. The van der Waals surface area contributed by atoms with Crippen LogP contribution in [0.3, 0.4) is 0 Å². The molecule has 0 aromatic carbocycles. The van der Waals surface area contributed by atoms with E-state index in [2.05, 4.69) is 41.2 Å². The van der Waals surface area contributed by atoms with Crippen molar-refractivity contribution in [2.24, 2.45) is 0 Å². The monoisotopic (exact) mass is 259 g/mol. The van der Waals surface area contributed by atoms with Gasteiger partial charge in [0.1, 0.15) is 0 Å². The van der Waals surface area contributed by atoms with E-state index >= 15 is 0 Å². The average Bonchev–Trinajstić information content (AvgIpc) is 2.72. The molecule has 0 bridgehead atoms. The molecule has 0 atom stereocenters. The Morgan fingerprint density at radius 3 is 2.37 bits per heavy atom. The lowest BCUT2D eigenvalue weighted by Crippen LogP contribution is -2.13. The zero-order valence-corrected chi connectivity index (χ0v) is 12.1. The van der Waals surface area contributed by atoms with Crippen LogP contribution >= 0.6 is 0 Å². The Labute approximate surface area is 114 Å². The third-order valence-electron chi connectivity index (χ3n) is 3.25. The first-order valence-corrected chi connectivity index (χ1v) is 6.74. The molecule has 0 saturated carbocycles. The smallest absolute Gasteiger partial charge is 0.250 e. The van der Waals surface area contributed by atoms with Crippen LogP contribution in [0.1, 0.15) is 36.4 Å². The Hall–Kier alpha value is -1.75. The fourth-order valence-electron chi connectivity index (χ4n) is 2.20. The van der Waals surface area contributed by atoms with Crippen LogP contribution in [0.25, 0.3) is 5.95 Å². The molecule has 0 aliphatic rings. The number of rotatable bonds is 5. The van der Waals surface area contributed by atoms with E-state index in [-0.39, 0.29) is 0 Å². The molecule has 0 aliphatic carbocycles. The molecular formula is C14H21N5. The van der Waals surface area contributed by atoms with Gasteiger partial charge in [-0.15, -0.1) is 0 Å². The van der Waals surface area contributed by atoms with Gasteiger partial charge in [0, 0.05) is 30.2 Å². The highest BCUT2D eigenvalue weighted by molar-refractivity contribution is 5.29. The first-order valence-electron chi connectivity index (χ1n) is 6.74. The van der Waals surface area contributed by atoms with Gasteiger partial charge < -0.3 is 5.32 Å². The number of aryl methyl sites for hydroxylation is 1. The zero-order chi connectivity index (χ0) is 13.8.